The minimum absolute atomic E-state index is 0.240. The number of hydrogen-bond donors (Lipinski definition) is 2. The molecule has 2 N–H and O–H groups in total. The lowest BCUT2D eigenvalue weighted by Crippen LogP contribution is -1.89. The Labute approximate surface area is 85.0 Å². The molecule has 0 amide bonds. The second kappa shape index (κ2) is 5.45. The van der Waals surface area contributed by atoms with Gasteiger partial charge in [-0.15, -0.1) is 0 Å². The van der Waals surface area contributed by atoms with Gasteiger partial charge in [-0.25, -0.2) is 0 Å². The molecule has 0 aliphatic heterocycles. The molecule has 14 heavy (non-hydrogen) atoms. The maximum Gasteiger partial charge on any atom is 0.0450 e. The molecule has 0 spiro atoms. The molecule has 1 rings (SSSR count). The summed E-state index contributed by atoms with van der Waals surface area (Å²) in [6, 6.07) is 0. The highest BCUT2D eigenvalue weighted by atomic mass is 16.2. The number of H-pyrrole nitrogens is 1. The Morgan fingerprint density at radius 1 is 1.57 bits per heavy atom. The van der Waals surface area contributed by atoms with Crippen molar-refractivity contribution in [3.8, 4) is 0 Å². The molecule has 0 atom stereocenters. The topological polar surface area (TPSA) is 36.0 Å². The van der Waals surface area contributed by atoms with Crippen LogP contribution in [0, 0.1) is 0 Å². The molecule has 0 aromatic carbocycles. The molecule has 1 heterocycles. The molecule has 2 heteroatoms. The van der Waals surface area contributed by atoms with E-state index < -0.39 is 0 Å². The van der Waals surface area contributed by atoms with Crippen molar-refractivity contribution >= 4 is 12.2 Å². The second-order valence-electron chi connectivity index (χ2n) is 3.17. The van der Waals surface area contributed by atoms with Gasteiger partial charge < -0.3 is 10.1 Å². The predicted octanol–water partition coefficient (Wildman–Crippen LogP) is 2.62. The van der Waals surface area contributed by atoms with Crippen LogP contribution in [0.5, 0.6) is 0 Å². The van der Waals surface area contributed by atoms with Crippen LogP contribution in [0.3, 0.4) is 0 Å². The lowest BCUT2D eigenvalue weighted by molar-refractivity contribution is 0.288. The van der Waals surface area contributed by atoms with Gasteiger partial charge in [0.2, 0.25) is 0 Å². The quantitative estimate of drug-likeness (QED) is 0.737. The molecule has 1 aromatic rings. The van der Waals surface area contributed by atoms with Crippen LogP contribution in [-0.4, -0.2) is 16.7 Å². The fourth-order valence-corrected chi connectivity index (χ4v) is 1.50. The monoisotopic (exact) mass is 191 g/mol. The van der Waals surface area contributed by atoms with Crippen LogP contribution in [0.25, 0.3) is 12.2 Å². The normalized spacial score (nSPS) is 11.0. The summed E-state index contributed by atoms with van der Waals surface area (Å²) in [5, 5.41) is 8.76. The van der Waals surface area contributed by atoms with Crippen molar-refractivity contribution in [2.24, 2.45) is 0 Å². The Morgan fingerprint density at radius 2 is 2.36 bits per heavy atom. The number of rotatable bonds is 5. The lowest BCUT2D eigenvalue weighted by atomic mass is 10.1. The van der Waals surface area contributed by atoms with Crippen molar-refractivity contribution < 1.29 is 5.11 Å². The fraction of sp³-hybridized carbons (Fsp3) is 0.333. The molecular formula is C12H17NO. The zero-order chi connectivity index (χ0) is 10.4. The molecule has 0 bridgehead atoms. The van der Waals surface area contributed by atoms with E-state index in [0.717, 1.165) is 18.5 Å². The van der Waals surface area contributed by atoms with E-state index in [1.807, 2.05) is 25.3 Å². The van der Waals surface area contributed by atoms with E-state index in [4.69, 9.17) is 5.11 Å². The van der Waals surface area contributed by atoms with Crippen LogP contribution in [0.4, 0.5) is 0 Å². The van der Waals surface area contributed by atoms with Gasteiger partial charge in [-0.3, -0.25) is 0 Å². The van der Waals surface area contributed by atoms with Crippen LogP contribution in [0.15, 0.2) is 18.9 Å². The van der Waals surface area contributed by atoms with Gasteiger partial charge in [0.05, 0.1) is 0 Å². The van der Waals surface area contributed by atoms with Crippen molar-refractivity contribution in [1.29, 1.82) is 0 Å². The maximum absolute atomic E-state index is 8.76. The third-order valence-electron chi connectivity index (χ3n) is 2.18. The third-order valence-corrected chi connectivity index (χ3v) is 2.18. The zero-order valence-corrected chi connectivity index (χ0v) is 8.59. The molecule has 0 fully saturated rings. The SMILES string of the molecule is C=Cc1[nH]cc(CCCO)c1/C=C\C. The van der Waals surface area contributed by atoms with Gasteiger partial charge in [-0.05, 0) is 31.4 Å². The van der Waals surface area contributed by atoms with Gasteiger partial charge in [-0.2, -0.15) is 0 Å². The van der Waals surface area contributed by atoms with E-state index in [1.165, 1.54) is 11.1 Å². The Hall–Kier alpha value is -1.28. The van der Waals surface area contributed by atoms with E-state index in [1.54, 1.807) is 0 Å². The standard InChI is InChI=1S/C12H17NO/c1-3-6-11-10(7-5-8-14)9-13-12(11)4-2/h3-4,6,9,13-14H,2,5,7-8H2,1H3/b6-3-. The molecule has 0 aliphatic rings. The van der Waals surface area contributed by atoms with Crippen LogP contribution in [-0.2, 0) is 6.42 Å². The third kappa shape index (κ3) is 2.36. The summed E-state index contributed by atoms with van der Waals surface area (Å²) in [5.74, 6) is 0. The Bertz CT molecular complexity index is 323. The number of aryl methyl sites for hydroxylation is 1. The summed E-state index contributed by atoms with van der Waals surface area (Å²) in [7, 11) is 0. The first-order chi connectivity index (χ1) is 6.83. The minimum Gasteiger partial charge on any atom is -0.396 e. The fourth-order valence-electron chi connectivity index (χ4n) is 1.50. The molecular weight excluding hydrogens is 174 g/mol. The zero-order valence-electron chi connectivity index (χ0n) is 8.59. The highest BCUT2D eigenvalue weighted by Crippen LogP contribution is 2.18. The van der Waals surface area contributed by atoms with Crippen molar-refractivity contribution in [3.63, 3.8) is 0 Å². The first-order valence-corrected chi connectivity index (χ1v) is 4.89. The number of aromatic nitrogens is 1. The van der Waals surface area contributed by atoms with Gasteiger partial charge in [0.1, 0.15) is 0 Å². The summed E-state index contributed by atoms with van der Waals surface area (Å²) < 4.78 is 0. The summed E-state index contributed by atoms with van der Waals surface area (Å²) in [5.41, 5.74) is 3.49. The van der Waals surface area contributed by atoms with Crippen molar-refractivity contribution in [3.05, 3.63) is 35.7 Å². The molecule has 0 saturated carbocycles. The van der Waals surface area contributed by atoms with Gasteiger partial charge in [-0.1, -0.05) is 18.7 Å². The van der Waals surface area contributed by atoms with Crippen molar-refractivity contribution in [2.45, 2.75) is 19.8 Å². The number of allylic oxidation sites excluding steroid dienone is 1. The smallest absolute Gasteiger partial charge is 0.0450 e. The van der Waals surface area contributed by atoms with E-state index >= 15 is 0 Å². The number of aliphatic hydroxyl groups excluding tert-OH is 1. The van der Waals surface area contributed by atoms with E-state index in [0.29, 0.717) is 0 Å². The highest BCUT2D eigenvalue weighted by Gasteiger charge is 2.05. The largest absolute Gasteiger partial charge is 0.396 e. The van der Waals surface area contributed by atoms with Crippen LogP contribution in [0.2, 0.25) is 0 Å². The Balaban J connectivity index is 2.92. The Morgan fingerprint density at radius 3 is 2.93 bits per heavy atom. The van der Waals surface area contributed by atoms with E-state index in [-0.39, 0.29) is 6.61 Å². The average molecular weight is 191 g/mol. The first-order valence-electron chi connectivity index (χ1n) is 4.89. The van der Waals surface area contributed by atoms with Crippen LogP contribution in [0.1, 0.15) is 30.2 Å². The van der Waals surface area contributed by atoms with Gasteiger partial charge >= 0.3 is 0 Å². The Kier molecular flexibility index (Phi) is 4.20. The van der Waals surface area contributed by atoms with Crippen LogP contribution >= 0.6 is 0 Å². The number of nitrogens with one attached hydrogen (secondary N) is 1. The molecule has 2 nitrogen and oxygen atoms in total. The number of aromatic amines is 1. The summed E-state index contributed by atoms with van der Waals surface area (Å²) in [4.78, 5) is 3.17. The molecule has 0 radical (unpaired) electrons. The van der Waals surface area contributed by atoms with Gasteiger partial charge in [0.15, 0.2) is 0 Å². The summed E-state index contributed by atoms with van der Waals surface area (Å²) >= 11 is 0. The first kappa shape index (κ1) is 10.8. The van der Waals surface area contributed by atoms with Crippen LogP contribution < -0.4 is 0 Å². The highest BCUT2D eigenvalue weighted by molar-refractivity contribution is 5.65. The molecule has 76 valence electrons. The average Bonchev–Trinajstić information content (AvgIpc) is 2.58. The van der Waals surface area contributed by atoms with Gasteiger partial charge in [0.25, 0.3) is 0 Å². The molecule has 0 unspecified atom stereocenters. The van der Waals surface area contributed by atoms with Crippen molar-refractivity contribution in [1.82, 2.24) is 4.98 Å². The van der Waals surface area contributed by atoms with Gasteiger partial charge in [0, 0.05) is 24.1 Å². The van der Waals surface area contributed by atoms with E-state index in [2.05, 4.69) is 17.6 Å². The molecule has 0 aliphatic carbocycles. The molecule has 0 saturated heterocycles. The summed E-state index contributed by atoms with van der Waals surface area (Å²) in [6.45, 7) is 5.99. The molecule has 1 aromatic heterocycles. The number of hydrogen-bond acceptors (Lipinski definition) is 1. The lowest BCUT2D eigenvalue weighted by Gasteiger charge is -1.99. The summed E-state index contributed by atoms with van der Waals surface area (Å²) in [6.07, 6.45) is 9.60. The maximum atomic E-state index is 8.76. The van der Waals surface area contributed by atoms with E-state index in [9.17, 15) is 0 Å². The second-order valence-corrected chi connectivity index (χ2v) is 3.17. The minimum atomic E-state index is 0.240. The number of aliphatic hydroxyl groups is 1. The predicted molar refractivity (Wildman–Crippen MR) is 61.0 cm³/mol. The van der Waals surface area contributed by atoms with Crippen molar-refractivity contribution in [2.75, 3.05) is 6.61 Å².